The summed E-state index contributed by atoms with van der Waals surface area (Å²) in [6, 6.07) is 9.17. The van der Waals surface area contributed by atoms with Crippen molar-refractivity contribution in [1.29, 1.82) is 0 Å². The molecule has 6 aliphatic rings. The van der Waals surface area contributed by atoms with Crippen molar-refractivity contribution in [1.82, 2.24) is 4.90 Å². The number of nitrogens with zero attached hydrogens (tertiary/aromatic N) is 1. The van der Waals surface area contributed by atoms with Crippen molar-refractivity contribution in [2.75, 3.05) is 18.4 Å². The van der Waals surface area contributed by atoms with Crippen molar-refractivity contribution in [2.24, 2.45) is 11.3 Å². The summed E-state index contributed by atoms with van der Waals surface area (Å²) in [5, 5.41) is 27.1. The standard InChI is InChI=1S/C20H24N2O2/c23-16-18(24)11-17-6-3-9-22-10-14(18)20(15(17)22)12-4-1-2-5-13(12)21-19(16,20)8-7-17/h1-2,4-5,14-16,21,23-24H,3,6-11H2/t14?,15-,16-,17+,18?,19-,20-/m0/s1. The molecule has 0 radical (unpaired) electrons. The van der Waals surface area contributed by atoms with E-state index in [1.54, 1.807) is 0 Å². The number of aliphatic hydroxyl groups is 2. The summed E-state index contributed by atoms with van der Waals surface area (Å²) in [6.45, 7) is 2.12. The highest BCUT2D eigenvalue weighted by atomic mass is 16.3. The number of hydrogen-bond donors (Lipinski definition) is 3. The maximum atomic E-state index is 11.8. The van der Waals surface area contributed by atoms with E-state index in [0.717, 1.165) is 32.4 Å². The predicted molar refractivity (Wildman–Crippen MR) is 89.8 cm³/mol. The summed E-state index contributed by atoms with van der Waals surface area (Å²) in [7, 11) is 0. The van der Waals surface area contributed by atoms with Gasteiger partial charge in [0.2, 0.25) is 0 Å². The van der Waals surface area contributed by atoms with E-state index >= 15 is 0 Å². The van der Waals surface area contributed by atoms with Crippen LogP contribution in [0.15, 0.2) is 24.3 Å². The van der Waals surface area contributed by atoms with Gasteiger partial charge in [0.05, 0.1) is 11.1 Å². The molecule has 7 rings (SSSR count). The molecule has 5 fully saturated rings. The van der Waals surface area contributed by atoms with Crippen LogP contribution < -0.4 is 5.32 Å². The number of nitrogens with one attached hydrogen (secondary N) is 1. The van der Waals surface area contributed by atoms with E-state index in [0.29, 0.717) is 6.04 Å². The van der Waals surface area contributed by atoms with E-state index in [9.17, 15) is 10.2 Å². The van der Waals surface area contributed by atoms with Crippen LogP contribution in [0.1, 0.15) is 37.7 Å². The molecule has 126 valence electrons. The summed E-state index contributed by atoms with van der Waals surface area (Å²) >= 11 is 0. The zero-order chi connectivity index (χ0) is 15.9. The van der Waals surface area contributed by atoms with Gasteiger partial charge in [0.1, 0.15) is 6.10 Å². The lowest BCUT2D eigenvalue weighted by molar-refractivity contribution is -0.131. The molecule has 4 nitrogen and oxygen atoms in total. The van der Waals surface area contributed by atoms with Crippen LogP contribution in [-0.2, 0) is 5.41 Å². The molecule has 5 bridgehead atoms. The van der Waals surface area contributed by atoms with Crippen molar-refractivity contribution in [3.63, 3.8) is 0 Å². The first kappa shape index (κ1) is 13.2. The first-order valence-corrected chi connectivity index (χ1v) is 9.61. The quantitative estimate of drug-likeness (QED) is 0.676. The first-order valence-electron chi connectivity index (χ1n) is 9.61. The second kappa shape index (κ2) is 3.42. The lowest BCUT2D eigenvalue weighted by Gasteiger charge is -2.62. The molecule has 1 aromatic carbocycles. The van der Waals surface area contributed by atoms with Gasteiger partial charge in [0.15, 0.2) is 0 Å². The molecule has 7 atom stereocenters. The van der Waals surface area contributed by atoms with Crippen molar-refractivity contribution < 1.29 is 10.2 Å². The molecular formula is C20H24N2O2. The molecule has 3 heterocycles. The van der Waals surface area contributed by atoms with Crippen molar-refractivity contribution in [2.45, 2.75) is 60.8 Å². The van der Waals surface area contributed by atoms with Gasteiger partial charge in [-0.15, -0.1) is 0 Å². The molecule has 3 aliphatic carbocycles. The molecule has 24 heavy (non-hydrogen) atoms. The second-order valence-electron chi connectivity index (χ2n) is 9.50. The Morgan fingerprint density at radius 2 is 2.04 bits per heavy atom. The summed E-state index contributed by atoms with van der Waals surface area (Å²) in [5.41, 5.74) is 1.38. The van der Waals surface area contributed by atoms with Crippen LogP contribution >= 0.6 is 0 Å². The fourth-order valence-corrected chi connectivity index (χ4v) is 8.89. The summed E-state index contributed by atoms with van der Waals surface area (Å²) in [4.78, 5) is 2.69. The van der Waals surface area contributed by atoms with Crippen LogP contribution in [0.4, 0.5) is 5.69 Å². The molecule has 3 aliphatic heterocycles. The molecule has 2 unspecified atom stereocenters. The number of anilines is 1. The zero-order valence-electron chi connectivity index (χ0n) is 13.8. The fraction of sp³-hybridized carbons (Fsp3) is 0.700. The Labute approximate surface area is 141 Å². The minimum atomic E-state index is -0.924. The van der Waals surface area contributed by atoms with Gasteiger partial charge in [-0.05, 0) is 55.7 Å². The van der Waals surface area contributed by atoms with Gasteiger partial charge in [-0.1, -0.05) is 18.2 Å². The minimum Gasteiger partial charge on any atom is -0.388 e. The number of rotatable bonds is 0. The smallest absolute Gasteiger partial charge is 0.107 e. The van der Waals surface area contributed by atoms with Gasteiger partial charge < -0.3 is 15.5 Å². The lowest BCUT2D eigenvalue weighted by atomic mass is 9.45. The van der Waals surface area contributed by atoms with E-state index in [2.05, 4.69) is 34.5 Å². The molecule has 1 spiro atoms. The normalized spacial score (nSPS) is 58.5. The molecular weight excluding hydrogens is 300 g/mol. The maximum Gasteiger partial charge on any atom is 0.107 e. The summed E-state index contributed by atoms with van der Waals surface area (Å²) < 4.78 is 0. The number of hydrogen-bond acceptors (Lipinski definition) is 4. The van der Waals surface area contributed by atoms with Crippen molar-refractivity contribution in [3.8, 4) is 0 Å². The molecule has 1 aromatic rings. The largest absolute Gasteiger partial charge is 0.388 e. The fourth-order valence-electron chi connectivity index (χ4n) is 8.89. The van der Waals surface area contributed by atoms with Gasteiger partial charge in [-0.2, -0.15) is 0 Å². The molecule has 4 heteroatoms. The Kier molecular flexibility index (Phi) is 1.87. The lowest BCUT2D eigenvalue weighted by Crippen LogP contribution is -2.70. The Hall–Kier alpha value is -1.10. The van der Waals surface area contributed by atoms with Crippen LogP contribution in [0.5, 0.6) is 0 Å². The Bertz CT molecular complexity index is 798. The number of piperidine rings is 1. The van der Waals surface area contributed by atoms with Crippen LogP contribution in [0.3, 0.4) is 0 Å². The molecule has 2 saturated heterocycles. The highest BCUT2D eigenvalue weighted by molar-refractivity contribution is 5.71. The molecule has 0 amide bonds. The summed E-state index contributed by atoms with van der Waals surface area (Å²) in [6.07, 6.45) is 4.74. The third-order valence-corrected chi connectivity index (χ3v) is 9.13. The van der Waals surface area contributed by atoms with Gasteiger partial charge in [-0.3, -0.25) is 4.90 Å². The van der Waals surface area contributed by atoms with Gasteiger partial charge in [0.25, 0.3) is 0 Å². The van der Waals surface area contributed by atoms with Crippen LogP contribution in [0, 0.1) is 11.3 Å². The van der Waals surface area contributed by atoms with Gasteiger partial charge in [0, 0.05) is 29.6 Å². The topological polar surface area (TPSA) is 55.7 Å². The third-order valence-electron chi connectivity index (χ3n) is 9.13. The number of aliphatic hydroxyl groups excluding tert-OH is 1. The highest BCUT2D eigenvalue weighted by Gasteiger charge is 2.89. The number of para-hydroxylation sites is 1. The SMILES string of the molecule is O[C@H]1C2(O)C[C@@]34CCCN5CC2[C@@]2(c6ccccc6N[C@@]12CC3)[C@@H]54. The molecule has 3 saturated carbocycles. The average Bonchev–Trinajstić information content (AvgIpc) is 3.09. The van der Waals surface area contributed by atoms with E-state index in [-0.39, 0.29) is 22.3 Å². The van der Waals surface area contributed by atoms with E-state index in [1.165, 1.54) is 24.1 Å². The minimum absolute atomic E-state index is 0.103. The Morgan fingerprint density at radius 1 is 1.17 bits per heavy atom. The second-order valence-corrected chi connectivity index (χ2v) is 9.50. The van der Waals surface area contributed by atoms with E-state index in [1.807, 2.05) is 0 Å². The van der Waals surface area contributed by atoms with Gasteiger partial charge >= 0.3 is 0 Å². The number of fused-ring (bicyclic) bond motifs is 1. The first-order chi connectivity index (χ1) is 11.6. The molecule has 3 N–H and O–H groups in total. The Balaban J connectivity index is 1.64. The predicted octanol–water partition coefficient (Wildman–Crippen LogP) is 1.47. The van der Waals surface area contributed by atoms with Crippen LogP contribution in [-0.4, -0.2) is 51.5 Å². The third kappa shape index (κ3) is 0.939. The maximum absolute atomic E-state index is 11.8. The van der Waals surface area contributed by atoms with E-state index < -0.39 is 11.7 Å². The summed E-state index contributed by atoms with van der Waals surface area (Å²) in [5.74, 6) is 0.160. The Morgan fingerprint density at radius 3 is 2.96 bits per heavy atom. The van der Waals surface area contributed by atoms with Crippen LogP contribution in [0.25, 0.3) is 0 Å². The van der Waals surface area contributed by atoms with Crippen LogP contribution in [0.2, 0.25) is 0 Å². The van der Waals surface area contributed by atoms with Gasteiger partial charge in [-0.25, -0.2) is 0 Å². The zero-order valence-corrected chi connectivity index (χ0v) is 13.8. The average molecular weight is 324 g/mol. The van der Waals surface area contributed by atoms with Crippen molar-refractivity contribution >= 4 is 5.69 Å². The monoisotopic (exact) mass is 324 g/mol. The number of benzene rings is 1. The van der Waals surface area contributed by atoms with E-state index in [4.69, 9.17) is 0 Å². The highest BCUT2D eigenvalue weighted by Crippen LogP contribution is 2.80. The molecule has 0 aromatic heterocycles. The van der Waals surface area contributed by atoms with Crippen molar-refractivity contribution in [3.05, 3.63) is 29.8 Å².